The molecule has 2 aromatic carbocycles. The van der Waals surface area contributed by atoms with Gasteiger partial charge in [-0.25, -0.2) is 0 Å². The van der Waals surface area contributed by atoms with Crippen LogP contribution in [0.3, 0.4) is 0 Å². The van der Waals surface area contributed by atoms with Gasteiger partial charge in [0.15, 0.2) is 5.85 Å². The Morgan fingerprint density at radius 1 is 1.06 bits per heavy atom. The van der Waals surface area contributed by atoms with Crippen molar-refractivity contribution in [2.45, 2.75) is 5.85 Å². The van der Waals surface area contributed by atoms with Crippen molar-refractivity contribution in [2.75, 3.05) is 14.2 Å². The Kier molecular flexibility index (Phi) is 3.83. The van der Waals surface area contributed by atoms with Gasteiger partial charge < -0.3 is 14.2 Å². The molecule has 1 atom stereocenters. The third kappa shape index (κ3) is 2.20. The second-order valence-corrected chi connectivity index (χ2v) is 6.15. The van der Waals surface area contributed by atoms with E-state index in [4.69, 9.17) is 9.05 Å². The number of hydrogen-bond donors (Lipinski definition) is 1. The summed E-state index contributed by atoms with van der Waals surface area (Å²) in [5.74, 6) is -1.29. The van der Waals surface area contributed by atoms with Crippen LogP contribution < -0.4 is 0 Å². The summed E-state index contributed by atoms with van der Waals surface area (Å²) in [4.78, 5) is 0. The van der Waals surface area contributed by atoms with E-state index in [2.05, 4.69) is 0 Å². The third-order valence-electron chi connectivity index (χ3n) is 2.91. The second kappa shape index (κ2) is 5.21. The molecule has 0 unspecified atom stereocenters. The van der Waals surface area contributed by atoms with Gasteiger partial charge in [-0.2, -0.15) is 0 Å². The largest absolute Gasteiger partial charge is 0.376 e. The van der Waals surface area contributed by atoms with E-state index in [1.54, 1.807) is 12.1 Å². The lowest BCUT2D eigenvalue weighted by atomic mass is 10.1. The summed E-state index contributed by atoms with van der Waals surface area (Å²) in [5.41, 5.74) is 0.542. The summed E-state index contributed by atoms with van der Waals surface area (Å²) in [6.07, 6.45) is 0. The van der Waals surface area contributed by atoms with Crippen molar-refractivity contribution < 1.29 is 18.7 Å². The number of aliphatic hydroxyl groups excluding tert-OH is 1. The maximum Gasteiger partial charge on any atom is 0.362 e. The van der Waals surface area contributed by atoms with Gasteiger partial charge >= 0.3 is 7.60 Å². The standard InChI is InChI=1S/C13H15O4P/c1-16-18(15,17-2)13(14)12-9-5-7-10-6-3-4-8-11(10)12/h3-9,13-14H,1-2H3/t13-/m0/s1. The Balaban J connectivity index is 2.58. The van der Waals surface area contributed by atoms with E-state index in [1.807, 2.05) is 30.3 Å². The van der Waals surface area contributed by atoms with Crippen molar-refractivity contribution >= 4 is 18.4 Å². The smallest absolute Gasteiger partial charge is 0.362 e. The number of fused-ring (bicyclic) bond motifs is 1. The van der Waals surface area contributed by atoms with Gasteiger partial charge in [-0.3, -0.25) is 4.57 Å². The molecular weight excluding hydrogens is 251 g/mol. The van der Waals surface area contributed by atoms with Gasteiger partial charge in [-0.1, -0.05) is 42.5 Å². The molecule has 18 heavy (non-hydrogen) atoms. The van der Waals surface area contributed by atoms with Crippen LogP contribution in [0.1, 0.15) is 11.4 Å². The lowest BCUT2D eigenvalue weighted by Gasteiger charge is -2.21. The Bertz CT molecular complexity index is 583. The normalized spacial score (nSPS) is 13.7. The zero-order valence-electron chi connectivity index (χ0n) is 10.2. The molecule has 0 heterocycles. The van der Waals surface area contributed by atoms with Gasteiger partial charge in [0.25, 0.3) is 0 Å². The van der Waals surface area contributed by atoms with Crippen LogP contribution in [0.15, 0.2) is 42.5 Å². The van der Waals surface area contributed by atoms with Gasteiger partial charge in [0.2, 0.25) is 0 Å². The Hall–Kier alpha value is -1.19. The zero-order chi connectivity index (χ0) is 13.2. The van der Waals surface area contributed by atoms with E-state index in [0.717, 1.165) is 10.8 Å². The van der Waals surface area contributed by atoms with E-state index in [0.29, 0.717) is 5.56 Å². The number of benzene rings is 2. The molecule has 0 fully saturated rings. The second-order valence-electron chi connectivity index (χ2n) is 3.85. The maximum atomic E-state index is 12.2. The molecule has 0 radical (unpaired) electrons. The van der Waals surface area contributed by atoms with E-state index in [9.17, 15) is 9.67 Å². The first-order valence-electron chi connectivity index (χ1n) is 5.49. The first kappa shape index (κ1) is 13.2. The summed E-state index contributed by atoms with van der Waals surface area (Å²) < 4.78 is 21.9. The van der Waals surface area contributed by atoms with Crippen LogP contribution >= 0.6 is 7.60 Å². The highest BCUT2D eigenvalue weighted by Crippen LogP contribution is 2.59. The molecule has 0 bridgehead atoms. The SMILES string of the molecule is COP(=O)(OC)[C@H](O)c1cccc2ccccc12. The predicted molar refractivity (Wildman–Crippen MR) is 70.5 cm³/mol. The fourth-order valence-corrected chi connectivity index (χ4v) is 3.03. The molecule has 0 saturated carbocycles. The van der Waals surface area contributed by atoms with Crippen molar-refractivity contribution in [2.24, 2.45) is 0 Å². The van der Waals surface area contributed by atoms with Crippen molar-refractivity contribution in [3.8, 4) is 0 Å². The zero-order valence-corrected chi connectivity index (χ0v) is 11.1. The van der Waals surface area contributed by atoms with Crippen LogP contribution in [0.25, 0.3) is 10.8 Å². The summed E-state index contributed by atoms with van der Waals surface area (Å²) >= 11 is 0. The molecule has 5 heteroatoms. The molecule has 0 aliphatic carbocycles. The first-order chi connectivity index (χ1) is 8.62. The molecule has 0 aliphatic heterocycles. The van der Waals surface area contributed by atoms with E-state index < -0.39 is 13.4 Å². The van der Waals surface area contributed by atoms with Gasteiger partial charge in [0.05, 0.1) is 0 Å². The highest BCUT2D eigenvalue weighted by molar-refractivity contribution is 7.54. The van der Waals surface area contributed by atoms with E-state index in [-0.39, 0.29) is 0 Å². The summed E-state index contributed by atoms with van der Waals surface area (Å²) in [6.45, 7) is 0. The highest BCUT2D eigenvalue weighted by Gasteiger charge is 2.34. The minimum absolute atomic E-state index is 0.542. The van der Waals surface area contributed by atoms with Crippen LogP contribution in [-0.2, 0) is 13.6 Å². The van der Waals surface area contributed by atoms with Crippen LogP contribution in [-0.4, -0.2) is 19.3 Å². The fraction of sp³-hybridized carbons (Fsp3) is 0.231. The van der Waals surface area contributed by atoms with Crippen LogP contribution in [0, 0.1) is 0 Å². The highest BCUT2D eigenvalue weighted by atomic mass is 31.2. The van der Waals surface area contributed by atoms with Crippen LogP contribution in [0.5, 0.6) is 0 Å². The Morgan fingerprint density at radius 3 is 2.33 bits per heavy atom. The number of aliphatic hydroxyl groups is 1. The van der Waals surface area contributed by atoms with Gasteiger partial charge in [-0.15, -0.1) is 0 Å². The topological polar surface area (TPSA) is 55.8 Å². The monoisotopic (exact) mass is 266 g/mol. The van der Waals surface area contributed by atoms with Crippen molar-refractivity contribution in [1.29, 1.82) is 0 Å². The Labute approximate surface area is 106 Å². The lowest BCUT2D eigenvalue weighted by Crippen LogP contribution is -2.03. The summed E-state index contributed by atoms with van der Waals surface area (Å²) in [7, 11) is -1.02. The van der Waals surface area contributed by atoms with Gasteiger partial charge in [-0.05, 0) is 10.8 Å². The Morgan fingerprint density at radius 2 is 1.67 bits per heavy atom. The third-order valence-corrected chi connectivity index (χ3v) is 4.81. The van der Waals surface area contributed by atoms with Crippen molar-refractivity contribution in [3.05, 3.63) is 48.0 Å². The fourth-order valence-electron chi connectivity index (χ4n) is 1.92. The molecule has 4 nitrogen and oxygen atoms in total. The van der Waals surface area contributed by atoms with Crippen LogP contribution in [0.4, 0.5) is 0 Å². The molecule has 0 amide bonds. The van der Waals surface area contributed by atoms with Crippen molar-refractivity contribution in [1.82, 2.24) is 0 Å². The molecule has 2 aromatic rings. The molecule has 0 spiro atoms. The average molecular weight is 266 g/mol. The molecule has 0 saturated heterocycles. The minimum atomic E-state index is -3.54. The summed E-state index contributed by atoms with van der Waals surface area (Å²) in [5, 5.41) is 12.0. The predicted octanol–water partition coefficient (Wildman–Crippen LogP) is 3.32. The van der Waals surface area contributed by atoms with E-state index >= 15 is 0 Å². The number of rotatable bonds is 4. The maximum absolute atomic E-state index is 12.2. The lowest BCUT2D eigenvalue weighted by molar-refractivity contribution is 0.177. The average Bonchev–Trinajstić information content (AvgIpc) is 2.45. The molecular formula is C13H15O4P. The molecule has 0 aromatic heterocycles. The molecule has 1 N–H and O–H groups in total. The van der Waals surface area contributed by atoms with Gasteiger partial charge in [0.1, 0.15) is 0 Å². The molecule has 96 valence electrons. The first-order valence-corrected chi connectivity index (χ1v) is 7.10. The summed E-state index contributed by atoms with van der Waals surface area (Å²) in [6, 6.07) is 13.0. The van der Waals surface area contributed by atoms with Crippen molar-refractivity contribution in [3.63, 3.8) is 0 Å². The molecule has 2 rings (SSSR count). The van der Waals surface area contributed by atoms with E-state index in [1.165, 1.54) is 14.2 Å². The van der Waals surface area contributed by atoms with Gasteiger partial charge in [0, 0.05) is 19.8 Å². The molecule has 0 aliphatic rings. The minimum Gasteiger partial charge on any atom is -0.376 e. The quantitative estimate of drug-likeness (QED) is 0.862. The number of hydrogen-bond acceptors (Lipinski definition) is 4. The van der Waals surface area contributed by atoms with Crippen LogP contribution in [0.2, 0.25) is 0 Å².